The molecule has 0 bridgehead atoms. The van der Waals surface area contributed by atoms with Crippen molar-refractivity contribution in [3.63, 3.8) is 0 Å². The van der Waals surface area contributed by atoms with Crippen molar-refractivity contribution in [1.82, 2.24) is 10.3 Å². The Labute approximate surface area is 126 Å². The summed E-state index contributed by atoms with van der Waals surface area (Å²) in [6, 6.07) is 3.55. The minimum atomic E-state index is -0.840. The van der Waals surface area contributed by atoms with Gasteiger partial charge in [0.05, 0.1) is 12.3 Å². The number of aromatic nitrogens is 1. The molecule has 0 unspecified atom stereocenters. The molecule has 0 radical (unpaired) electrons. The van der Waals surface area contributed by atoms with Gasteiger partial charge in [-0.25, -0.2) is 13.8 Å². The van der Waals surface area contributed by atoms with Crippen molar-refractivity contribution in [3.8, 4) is 5.75 Å². The van der Waals surface area contributed by atoms with Crippen LogP contribution in [0.15, 0.2) is 28.9 Å². The van der Waals surface area contributed by atoms with Gasteiger partial charge in [-0.15, -0.1) is 0 Å². The second kappa shape index (κ2) is 6.41. The molecule has 1 aromatic carbocycles. The maximum Gasteiger partial charge on any atom is 0.238 e. The summed E-state index contributed by atoms with van der Waals surface area (Å²) < 4.78 is 44.2. The van der Waals surface area contributed by atoms with E-state index in [1.165, 1.54) is 12.3 Å². The van der Waals surface area contributed by atoms with Crippen molar-refractivity contribution in [2.24, 2.45) is 0 Å². The Morgan fingerprint density at radius 3 is 2.73 bits per heavy atom. The lowest BCUT2D eigenvalue weighted by Gasteiger charge is -2.29. The second-order valence-corrected chi connectivity index (χ2v) is 5.03. The van der Waals surface area contributed by atoms with E-state index < -0.39 is 29.6 Å². The van der Waals surface area contributed by atoms with Crippen LogP contribution in [-0.2, 0) is 4.74 Å². The van der Waals surface area contributed by atoms with Gasteiger partial charge in [0.1, 0.15) is 12.4 Å². The van der Waals surface area contributed by atoms with Crippen molar-refractivity contribution in [2.75, 3.05) is 19.7 Å². The molecule has 2 aromatic rings. The summed E-state index contributed by atoms with van der Waals surface area (Å²) in [6.07, 6.45) is 0.165. The molecule has 2 heterocycles. The molecule has 0 aliphatic carbocycles. The highest BCUT2D eigenvalue weighted by atomic mass is 19.1. The summed E-state index contributed by atoms with van der Waals surface area (Å²) in [6.45, 7) is 3.42. The average Bonchev–Trinajstić information content (AvgIpc) is 2.94. The Hall–Kier alpha value is -1.99. The van der Waals surface area contributed by atoms with E-state index in [0.29, 0.717) is 25.4 Å². The van der Waals surface area contributed by atoms with E-state index in [2.05, 4.69) is 10.3 Å². The van der Waals surface area contributed by atoms with Crippen LogP contribution in [-0.4, -0.2) is 30.8 Å². The molecule has 1 aliphatic heterocycles. The van der Waals surface area contributed by atoms with Gasteiger partial charge in [0.25, 0.3) is 0 Å². The molecule has 5 nitrogen and oxygen atoms in total. The predicted octanol–water partition coefficient (Wildman–Crippen LogP) is 2.37. The summed E-state index contributed by atoms with van der Waals surface area (Å²) >= 11 is 0. The van der Waals surface area contributed by atoms with Gasteiger partial charge >= 0.3 is 0 Å². The van der Waals surface area contributed by atoms with Gasteiger partial charge in [-0.2, -0.15) is 0 Å². The van der Waals surface area contributed by atoms with Crippen LogP contribution in [0.5, 0.6) is 5.75 Å². The number of para-hydroxylation sites is 1. The first-order chi connectivity index (χ1) is 10.6. The van der Waals surface area contributed by atoms with Gasteiger partial charge in [-0.05, 0) is 19.1 Å². The molecule has 7 heteroatoms. The number of benzene rings is 1. The number of rotatable bonds is 4. The average molecular weight is 310 g/mol. The Morgan fingerprint density at radius 2 is 2.14 bits per heavy atom. The van der Waals surface area contributed by atoms with E-state index in [0.717, 1.165) is 12.1 Å². The third-order valence-electron chi connectivity index (χ3n) is 3.34. The van der Waals surface area contributed by atoms with E-state index in [9.17, 15) is 8.78 Å². The zero-order valence-corrected chi connectivity index (χ0v) is 12.0. The second-order valence-electron chi connectivity index (χ2n) is 5.03. The molecular weight excluding hydrogens is 294 g/mol. The Morgan fingerprint density at radius 1 is 1.36 bits per heavy atom. The van der Waals surface area contributed by atoms with Crippen LogP contribution < -0.4 is 10.1 Å². The zero-order chi connectivity index (χ0) is 15.5. The van der Waals surface area contributed by atoms with Crippen LogP contribution in [0.2, 0.25) is 0 Å². The first-order valence-corrected chi connectivity index (χ1v) is 7.00. The normalized spacial score (nSPS) is 19.9. The predicted molar refractivity (Wildman–Crippen MR) is 73.6 cm³/mol. The first-order valence-electron chi connectivity index (χ1n) is 7.00. The van der Waals surface area contributed by atoms with E-state index in [1.54, 1.807) is 6.92 Å². The topological polar surface area (TPSA) is 56.5 Å². The Balaban J connectivity index is 1.91. The SMILES string of the molecule is Cc1coc([C@@H](Oc2c(F)cccc2F)[C@@H]2CNCCO2)n1. The molecule has 0 spiro atoms. The minimum absolute atomic E-state index is 0.230. The number of morpholine rings is 1. The maximum atomic E-state index is 13.8. The Bertz CT molecular complexity index is 621. The number of nitrogens with zero attached hydrogens (tertiary/aromatic N) is 1. The van der Waals surface area contributed by atoms with Gasteiger partial charge in [0.2, 0.25) is 12.0 Å². The van der Waals surface area contributed by atoms with E-state index in [1.807, 2.05) is 0 Å². The zero-order valence-electron chi connectivity index (χ0n) is 12.0. The van der Waals surface area contributed by atoms with Crippen LogP contribution >= 0.6 is 0 Å². The Kier molecular flexibility index (Phi) is 4.35. The van der Waals surface area contributed by atoms with Gasteiger partial charge in [-0.1, -0.05) is 6.07 Å². The largest absolute Gasteiger partial charge is 0.472 e. The van der Waals surface area contributed by atoms with Crippen molar-refractivity contribution in [3.05, 3.63) is 47.7 Å². The molecule has 1 aromatic heterocycles. The molecule has 1 saturated heterocycles. The molecule has 0 saturated carbocycles. The van der Waals surface area contributed by atoms with Gasteiger partial charge in [-0.3, -0.25) is 0 Å². The van der Waals surface area contributed by atoms with E-state index in [-0.39, 0.29) is 5.89 Å². The summed E-state index contributed by atoms with van der Waals surface area (Å²) in [5.41, 5.74) is 0.654. The van der Waals surface area contributed by atoms with Crippen LogP contribution in [0.3, 0.4) is 0 Å². The minimum Gasteiger partial charge on any atom is -0.472 e. The van der Waals surface area contributed by atoms with Crippen LogP contribution in [0.1, 0.15) is 17.7 Å². The number of aryl methyl sites for hydroxylation is 1. The van der Waals surface area contributed by atoms with Crippen LogP contribution in [0.4, 0.5) is 8.78 Å². The fraction of sp³-hybridized carbons (Fsp3) is 0.400. The highest BCUT2D eigenvalue weighted by molar-refractivity contribution is 5.27. The number of nitrogens with one attached hydrogen (secondary N) is 1. The first kappa shape index (κ1) is 14.9. The highest BCUT2D eigenvalue weighted by Gasteiger charge is 2.33. The lowest BCUT2D eigenvalue weighted by atomic mass is 10.1. The molecule has 0 amide bonds. The van der Waals surface area contributed by atoms with Crippen molar-refractivity contribution >= 4 is 0 Å². The number of oxazole rings is 1. The molecule has 3 rings (SSSR count). The molecule has 1 fully saturated rings. The monoisotopic (exact) mass is 310 g/mol. The number of halogens is 2. The molecule has 118 valence electrons. The number of hydrogen-bond donors (Lipinski definition) is 1. The van der Waals surface area contributed by atoms with Crippen molar-refractivity contribution in [1.29, 1.82) is 0 Å². The lowest BCUT2D eigenvalue weighted by molar-refractivity contribution is -0.0541. The summed E-state index contributed by atoms with van der Waals surface area (Å²) in [5.74, 6) is -1.79. The third kappa shape index (κ3) is 3.10. The summed E-state index contributed by atoms with van der Waals surface area (Å²) in [7, 11) is 0. The maximum absolute atomic E-state index is 13.8. The quantitative estimate of drug-likeness (QED) is 0.939. The molecule has 1 N–H and O–H groups in total. The number of ether oxygens (including phenoxy) is 2. The highest BCUT2D eigenvalue weighted by Crippen LogP contribution is 2.30. The summed E-state index contributed by atoms with van der Waals surface area (Å²) in [4.78, 5) is 4.20. The molecular formula is C15H16F2N2O3. The standard InChI is InChI=1S/C15H16F2N2O3/c1-9-8-21-15(19-9)14(12-7-18-5-6-20-12)22-13-10(16)3-2-4-11(13)17/h2-4,8,12,14,18H,5-7H2,1H3/t12-,14-/m0/s1. The fourth-order valence-corrected chi connectivity index (χ4v) is 2.29. The fourth-order valence-electron chi connectivity index (χ4n) is 2.29. The van der Waals surface area contributed by atoms with Crippen LogP contribution in [0.25, 0.3) is 0 Å². The number of hydrogen-bond acceptors (Lipinski definition) is 5. The van der Waals surface area contributed by atoms with Crippen LogP contribution in [0, 0.1) is 18.6 Å². The van der Waals surface area contributed by atoms with E-state index in [4.69, 9.17) is 13.9 Å². The smallest absolute Gasteiger partial charge is 0.238 e. The van der Waals surface area contributed by atoms with Crippen molar-refractivity contribution < 1.29 is 22.7 Å². The van der Waals surface area contributed by atoms with Gasteiger partial charge < -0.3 is 19.2 Å². The molecule has 22 heavy (non-hydrogen) atoms. The van der Waals surface area contributed by atoms with Gasteiger partial charge in [0.15, 0.2) is 17.4 Å². The van der Waals surface area contributed by atoms with Crippen molar-refractivity contribution in [2.45, 2.75) is 19.1 Å². The summed E-state index contributed by atoms with van der Waals surface area (Å²) in [5, 5.41) is 3.14. The molecule has 1 aliphatic rings. The van der Waals surface area contributed by atoms with Gasteiger partial charge in [0, 0.05) is 13.1 Å². The lowest BCUT2D eigenvalue weighted by Crippen LogP contribution is -2.43. The van der Waals surface area contributed by atoms with E-state index >= 15 is 0 Å². The molecule has 2 atom stereocenters. The third-order valence-corrected chi connectivity index (χ3v) is 3.34.